The van der Waals surface area contributed by atoms with Crippen molar-refractivity contribution in [3.63, 3.8) is 0 Å². The van der Waals surface area contributed by atoms with E-state index in [0.29, 0.717) is 5.69 Å². The lowest BCUT2D eigenvalue weighted by Crippen LogP contribution is -2.18. The van der Waals surface area contributed by atoms with Crippen LogP contribution in [0.25, 0.3) is 0 Å². The molecule has 0 atom stereocenters. The van der Waals surface area contributed by atoms with Gasteiger partial charge in [-0.15, -0.1) is 0 Å². The second-order valence-corrected chi connectivity index (χ2v) is 5.30. The van der Waals surface area contributed by atoms with E-state index < -0.39 is 23.4 Å². The molecule has 3 rings (SSSR count). The first-order chi connectivity index (χ1) is 12.5. The number of halogens is 2. The molecule has 7 heteroatoms. The predicted molar refractivity (Wildman–Crippen MR) is 92.9 cm³/mol. The number of para-hydroxylation sites is 1. The van der Waals surface area contributed by atoms with Crippen LogP contribution in [0, 0.1) is 11.6 Å². The molecule has 26 heavy (non-hydrogen) atoms. The number of nitrogens with one attached hydrogen (secondary N) is 2. The summed E-state index contributed by atoms with van der Waals surface area (Å²) in [5.41, 5.74) is 0.357. The van der Waals surface area contributed by atoms with Crippen LogP contribution in [-0.2, 0) is 0 Å². The first-order valence-electron chi connectivity index (χ1n) is 7.63. The summed E-state index contributed by atoms with van der Waals surface area (Å²) >= 11 is 0. The van der Waals surface area contributed by atoms with Crippen LogP contribution >= 0.6 is 0 Å². The van der Waals surface area contributed by atoms with Crippen LogP contribution in [0.4, 0.5) is 20.2 Å². The molecule has 5 nitrogen and oxygen atoms in total. The number of pyridine rings is 1. The van der Waals surface area contributed by atoms with Crippen LogP contribution in [0.1, 0.15) is 21.0 Å². The molecule has 2 N–H and O–H groups in total. The average Bonchev–Trinajstić information content (AvgIpc) is 2.65. The molecular weight excluding hydrogens is 340 g/mol. The molecule has 3 aromatic rings. The van der Waals surface area contributed by atoms with E-state index in [0.717, 1.165) is 0 Å². The molecule has 2 amide bonds. The quantitative estimate of drug-likeness (QED) is 0.748. The van der Waals surface area contributed by atoms with E-state index in [-0.39, 0.29) is 17.1 Å². The molecule has 0 aliphatic rings. The summed E-state index contributed by atoms with van der Waals surface area (Å²) in [6.45, 7) is 0. The van der Waals surface area contributed by atoms with Gasteiger partial charge in [-0.25, -0.2) is 13.8 Å². The SMILES string of the molecule is O=C(Nc1ccc(F)cc1)c1cccc(C(=O)Nc2ccccc2F)n1. The summed E-state index contributed by atoms with van der Waals surface area (Å²) < 4.78 is 26.5. The van der Waals surface area contributed by atoms with Crippen molar-refractivity contribution in [1.29, 1.82) is 0 Å². The van der Waals surface area contributed by atoms with E-state index in [1.807, 2.05) is 0 Å². The molecule has 130 valence electrons. The number of amides is 2. The van der Waals surface area contributed by atoms with E-state index >= 15 is 0 Å². The fourth-order valence-corrected chi connectivity index (χ4v) is 2.16. The number of hydrogen-bond donors (Lipinski definition) is 2. The molecular formula is C19H13F2N3O2. The molecule has 0 unspecified atom stereocenters. The smallest absolute Gasteiger partial charge is 0.274 e. The van der Waals surface area contributed by atoms with Gasteiger partial charge in [-0.05, 0) is 48.5 Å². The van der Waals surface area contributed by atoms with Crippen molar-refractivity contribution in [2.75, 3.05) is 10.6 Å². The highest BCUT2D eigenvalue weighted by atomic mass is 19.1. The second-order valence-electron chi connectivity index (χ2n) is 5.30. The summed E-state index contributed by atoms with van der Waals surface area (Å²) in [4.78, 5) is 28.4. The Kier molecular flexibility index (Phi) is 4.98. The standard InChI is InChI=1S/C19H13F2N3O2/c20-12-8-10-13(11-9-12)22-18(25)16-6-3-7-17(23-16)19(26)24-15-5-2-1-4-14(15)21/h1-11H,(H,22,25)(H,24,26). The van der Waals surface area contributed by atoms with Crippen LogP contribution < -0.4 is 10.6 Å². The van der Waals surface area contributed by atoms with Crippen LogP contribution in [0.2, 0.25) is 0 Å². The zero-order valence-electron chi connectivity index (χ0n) is 13.4. The van der Waals surface area contributed by atoms with Crippen molar-refractivity contribution in [1.82, 2.24) is 4.98 Å². The molecule has 2 aromatic carbocycles. The van der Waals surface area contributed by atoms with Gasteiger partial charge in [0.25, 0.3) is 11.8 Å². The number of nitrogens with zero attached hydrogens (tertiary/aromatic N) is 1. The number of aromatic nitrogens is 1. The van der Waals surface area contributed by atoms with E-state index in [2.05, 4.69) is 15.6 Å². The molecule has 1 heterocycles. The minimum atomic E-state index is -0.647. The van der Waals surface area contributed by atoms with Crippen molar-refractivity contribution < 1.29 is 18.4 Å². The number of hydrogen-bond acceptors (Lipinski definition) is 3. The fourth-order valence-electron chi connectivity index (χ4n) is 2.16. The van der Waals surface area contributed by atoms with Crippen molar-refractivity contribution in [3.05, 3.63) is 89.8 Å². The molecule has 0 bridgehead atoms. The Morgan fingerprint density at radius 1 is 0.731 bits per heavy atom. The van der Waals surface area contributed by atoms with Gasteiger partial charge >= 0.3 is 0 Å². The largest absolute Gasteiger partial charge is 0.321 e. The van der Waals surface area contributed by atoms with Gasteiger partial charge in [0.05, 0.1) is 5.69 Å². The maximum atomic E-state index is 13.6. The van der Waals surface area contributed by atoms with Crippen LogP contribution in [0.5, 0.6) is 0 Å². The number of carbonyl (C=O) groups is 2. The Morgan fingerprint density at radius 3 is 2.00 bits per heavy atom. The van der Waals surface area contributed by atoms with Crippen molar-refractivity contribution >= 4 is 23.2 Å². The molecule has 0 fully saturated rings. The van der Waals surface area contributed by atoms with E-state index in [4.69, 9.17) is 0 Å². The molecule has 0 aliphatic carbocycles. The summed E-state index contributed by atoms with van der Waals surface area (Å²) in [5.74, 6) is -2.21. The highest BCUT2D eigenvalue weighted by molar-refractivity contribution is 6.06. The topological polar surface area (TPSA) is 71.1 Å². The Balaban J connectivity index is 1.75. The third-order valence-corrected chi connectivity index (χ3v) is 3.44. The van der Waals surface area contributed by atoms with Gasteiger partial charge in [0.15, 0.2) is 0 Å². The lowest BCUT2D eigenvalue weighted by molar-refractivity contribution is 0.101. The zero-order chi connectivity index (χ0) is 18.5. The second kappa shape index (κ2) is 7.52. The number of carbonyl (C=O) groups excluding carboxylic acids is 2. The lowest BCUT2D eigenvalue weighted by atomic mass is 10.2. The maximum Gasteiger partial charge on any atom is 0.274 e. The van der Waals surface area contributed by atoms with E-state index in [1.54, 1.807) is 6.07 Å². The molecule has 0 saturated carbocycles. The van der Waals surface area contributed by atoms with Crippen molar-refractivity contribution in [2.45, 2.75) is 0 Å². The third kappa shape index (κ3) is 4.07. The Morgan fingerprint density at radius 2 is 1.35 bits per heavy atom. The summed E-state index contributed by atoms with van der Waals surface area (Å²) in [7, 11) is 0. The van der Waals surface area contributed by atoms with Gasteiger partial charge in [-0.3, -0.25) is 9.59 Å². The summed E-state index contributed by atoms with van der Waals surface area (Å²) in [6, 6.07) is 15.3. The molecule has 0 aliphatic heterocycles. The first kappa shape index (κ1) is 17.2. The monoisotopic (exact) mass is 353 g/mol. The number of rotatable bonds is 4. The van der Waals surface area contributed by atoms with Crippen LogP contribution in [0.3, 0.4) is 0 Å². The fraction of sp³-hybridized carbons (Fsp3) is 0. The minimum absolute atomic E-state index is 0.00416. The van der Waals surface area contributed by atoms with Gasteiger partial charge in [0.2, 0.25) is 0 Å². The van der Waals surface area contributed by atoms with Gasteiger partial charge in [-0.2, -0.15) is 0 Å². The molecule has 0 radical (unpaired) electrons. The minimum Gasteiger partial charge on any atom is -0.321 e. The van der Waals surface area contributed by atoms with E-state index in [9.17, 15) is 18.4 Å². The lowest BCUT2D eigenvalue weighted by Gasteiger charge is -2.08. The van der Waals surface area contributed by atoms with Crippen LogP contribution in [0.15, 0.2) is 66.7 Å². The van der Waals surface area contributed by atoms with Gasteiger partial charge in [-0.1, -0.05) is 18.2 Å². The number of benzene rings is 2. The number of anilines is 2. The summed E-state index contributed by atoms with van der Waals surface area (Å²) in [6.07, 6.45) is 0. The normalized spacial score (nSPS) is 10.2. The average molecular weight is 353 g/mol. The van der Waals surface area contributed by atoms with Gasteiger partial charge in [0.1, 0.15) is 23.0 Å². The van der Waals surface area contributed by atoms with Crippen molar-refractivity contribution in [2.24, 2.45) is 0 Å². The predicted octanol–water partition coefficient (Wildman–Crippen LogP) is 3.86. The molecule has 0 spiro atoms. The summed E-state index contributed by atoms with van der Waals surface area (Å²) in [5, 5.41) is 4.95. The molecule has 1 aromatic heterocycles. The zero-order valence-corrected chi connectivity index (χ0v) is 13.4. The third-order valence-electron chi connectivity index (χ3n) is 3.44. The van der Waals surface area contributed by atoms with Gasteiger partial charge < -0.3 is 10.6 Å². The van der Waals surface area contributed by atoms with Gasteiger partial charge in [0, 0.05) is 5.69 Å². The highest BCUT2D eigenvalue weighted by Crippen LogP contribution is 2.14. The first-order valence-corrected chi connectivity index (χ1v) is 7.63. The molecule has 0 saturated heterocycles. The highest BCUT2D eigenvalue weighted by Gasteiger charge is 2.14. The Hall–Kier alpha value is -3.61. The Bertz CT molecular complexity index is 959. The van der Waals surface area contributed by atoms with Crippen molar-refractivity contribution in [3.8, 4) is 0 Å². The Labute approximate surface area is 147 Å². The van der Waals surface area contributed by atoms with Crippen LogP contribution in [-0.4, -0.2) is 16.8 Å². The van der Waals surface area contributed by atoms with E-state index in [1.165, 1.54) is 60.7 Å². The maximum absolute atomic E-state index is 13.6.